The molecular formula is C45H63NO5Si2. The minimum Gasteiger partial charge on any atom is -0.503 e. The zero-order valence-electron chi connectivity index (χ0n) is 34.2. The summed E-state index contributed by atoms with van der Waals surface area (Å²) in [6.07, 6.45) is 0.446. The Morgan fingerprint density at radius 3 is 1.77 bits per heavy atom. The smallest absolute Gasteiger partial charge is 0.398 e. The number of amides is 1. The average molecular weight is 754 g/mol. The monoisotopic (exact) mass is 753 g/mol. The molecule has 2 saturated heterocycles. The summed E-state index contributed by atoms with van der Waals surface area (Å²) in [6.45, 7) is 26.6. The van der Waals surface area contributed by atoms with E-state index in [4.69, 9.17) is 13.6 Å². The van der Waals surface area contributed by atoms with Crippen molar-refractivity contribution in [1.29, 1.82) is 0 Å². The third-order valence-electron chi connectivity index (χ3n) is 12.5. The summed E-state index contributed by atoms with van der Waals surface area (Å²) < 4.78 is 21.6. The van der Waals surface area contributed by atoms with Crippen LogP contribution in [-0.2, 0) is 18.4 Å². The summed E-state index contributed by atoms with van der Waals surface area (Å²) in [4.78, 5) is 31.8. The van der Waals surface area contributed by atoms with Gasteiger partial charge in [0, 0.05) is 18.6 Å². The van der Waals surface area contributed by atoms with Crippen molar-refractivity contribution in [1.82, 2.24) is 4.90 Å². The van der Waals surface area contributed by atoms with E-state index in [1.807, 2.05) is 49.4 Å². The molecule has 0 radical (unpaired) electrons. The van der Waals surface area contributed by atoms with Gasteiger partial charge in [0.2, 0.25) is 0 Å². The van der Waals surface area contributed by atoms with Crippen molar-refractivity contribution in [3.8, 4) is 0 Å². The van der Waals surface area contributed by atoms with Crippen molar-refractivity contribution in [3.63, 3.8) is 0 Å². The van der Waals surface area contributed by atoms with Crippen molar-refractivity contribution < 1.29 is 23.2 Å². The van der Waals surface area contributed by atoms with Crippen LogP contribution in [0.2, 0.25) is 21.7 Å². The van der Waals surface area contributed by atoms with E-state index in [1.165, 1.54) is 10.4 Å². The number of hydrogen-bond donors (Lipinski definition) is 0. The van der Waals surface area contributed by atoms with Crippen LogP contribution in [0.5, 0.6) is 0 Å². The van der Waals surface area contributed by atoms with E-state index in [2.05, 4.69) is 131 Å². The first kappa shape index (κ1) is 40.9. The summed E-state index contributed by atoms with van der Waals surface area (Å²) in [6, 6.07) is 31.1. The number of carbonyl (C=O) groups excluding carboxylic acids is 2. The molecule has 3 aromatic rings. The number of fused-ring (bicyclic) bond motifs is 1. The standard InChI is InChI=1S/C45H63NO5Si2/c1-13-34(8)41-45(12,30-49-53(44(9,10)11,36-25-19-15-20-26-36)37-27-21-16-22-28-37)39-40(47)38(35-23-17-14-18-24-35)29-46(42(39)50-41)43(48)51-52(31(2)3,32(4)5)33(6)7/h13-28,31-33,38-39,41-42H,29-30H2,1-12H3/b34-13+/t38?,39?,41-,42?,45-/m0/s1. The maximum absolute atomic E-state index is 15.2. The molecule has 0 aliphatic carbocycles. The largest absolute Gasteiger partial charge is 0.503 e. The van der Waals surface area contributed by atoms with Gasteiger partial charge in [0.1, 0.15) is 12.0 Å². The number of nitrogens with zero attached hydrogens (tertiary/aromatic N) is 1. The Hall–Kier alpha value is -3.31. The molecule has 5 atom stereocenters. The summed E-state index contributed by atoms with van der Waals surface area (Å²) >= 11 is 0. The van der Waals surface area contributed by atoms with Crippen LogP contribution in [0.15, 0.2) is 103 Å². The van der Waals surface area contributed by atoms with Crippen molar-refractivity contribution in [2.75, 3.05) is 13.2 Å². The molecule has 2 aliphatic rings. The number of carbonyl (C=O) groups is 2. The summed E-state index contributed by atoms with van der Waals surface area (Å²) in [5.41, 5.74) is 1.75. The quantitative estimate of drug-likeness (QED) is 0.144. The van der Waals surface area contributed by atoms with Crippen molar-refractivity contribution in [2.24, 2.45) is 11.3 Å². The molecule has 6 nitrogen and oxygen atoms in total. The molecule has 3 unspecified atom stereocenters. The van der Waals surface area contributed by atoms with E-state index in [9.17, 15) is 4.79 Å². The Balaban J connectivity index is 1.67. The third kappa shape index (κ3) is 7.17. The van der Waals surface area contributed by atoms with Gasteiger partial charge in [-0.05, 0) is 57.0 Å². The molecule has 8 heteroatoms. The number of Topliss-reactive ketones (excluding diaryl/α,β-unsaturated/α-hetero) is 1. The van der Waals surface area contributed by atoms with Gasteiger partial charge >= 0.3 is 6.09 Å². The molecule has 3 aromatic carbocycles. The second-order valence-corrected chi connectivity index (χ2v) is 27.3. The Morgan fingerprint density at radius 1 is 0.868 bits per heavy atom. The number of allylic oxidation sites excluding steroid dienone is 1. The zero-order chi connectivity index (χ0) is 38.9. The maximum Gasteiger partial charge on any atom is 0.398 e. The van der Waals surface area contributed by atoms with Crippen LogP contribution in [0.1, 0.15) is 94.6 Å². The van der Waals surface area contributed by atoms with E-state index in [1.54, 1.807) is 4.90 Å². The third-order valence-corrected chi connectivity index (χ3v) is 23.4. The number of hydrogen-bond acceptors (Lipinski definition) is 5. The molecule has 2 fully saturated rings. The van der Waals surface area contributed by atoms with Crippen molar-refractivity contribution >= 4 is 38.9 Å². The van der Waals surface area contributed by atoms with Gasteiger partial charge in [-0.25, -0.2) is 4.79 Å². The van der Waals surface area contributed by atoms with Gasteiger partial charge in [0.25, 0.3) is 16.6 Å². The number of benzene rings is 3. The maximum atomic E-state index is 15.2. The minimum absolute atomic E-state index is 0.0882. The highest BCUT2D eigenvalue weighted by molar-refractivity contribution is 6.99. The summed E-state index contributed by atoms with van der Waals surface area (Å²) in [5.74, 6) is -1.09. The lowest BCUT2D eigenvalue weighted by atomic mass is 9.66. The lowest BCUT2D eigenvalue weighted by molar-refractivity contribution is -0.139. The molecule has 53 heavy (non-hydrogen) atoms. The Kier molecular flexibility index (Phi) is 12.2. The molecule has 286 valence electrons. The number of ether oxygens (including phenoxy) is 1. The highest BCUT2D eigenvalue weighted by atomic mass is 28.4. The second kappa shape index (κ2) is 15.8. The fourth-order valence-electron chi connectivity index (χ4n) is 9.85. The number of likely N-dealkylation sites (tertiary alicyclic amines) is 1. The predicted octanol–water partition coefficient (Wildman–Crippen LogP) is 9.86. The lowest BCUT2D eigenvalue weighted by Crippen LogP contribution is -2.68. The first-order chi connectivity index (χ1) is 25.0. The van der Waals surface area contributed by atoms with Gasteiger partial charge < -0.3 is 13.6 Å². The highest BCUT2D eigenvalue weighted by Gasteiger charge is 2.64. The second-order valence-electron chi connectivity index (χ2n) is 17.6. The van der Waals surface area contributed by atoms with Crippen molar-refractivity contribution in [2.45, 2.75) is 123 Å². The lowest BCUT2D eigenvalue weighted by Gasteiger charge is -2.48. The predicted molar refractivity (Wildman–Crippen MR) is 222 cm³/mol. The van der Waals surface area contributed by atoms with Gasteiger partial charge in [-0.3, -0.25) is 9.69 Å². The Morgan fingerprint density at radius 2 is 1.34 bits per heavy atom. The van der Waals surface area contributed by atoms with E-state index >= 15 is 4.79 Å². The van der Waals surface area contributed by atoms with Crippen LogP contribution in [0.3, 0.4) is 0 Å². The first-order valence-electron chi connectivity index (χ1n) is 19.6. The van der Waals surface area contributed by atoms with Crippen LogP contribution < -0.4 is 10.4 Å². The van der Waals surface area contributed by atoms with Crippen LogP contribution >= 0.6 is 0 Å². The Labute approximate surface area is 321 Å². The number of piperidine rings is 1. The van der Waals surface area contributed by atoms with Crippen LogP contribution in [0.4, 0.5) is 4.79 Å². The highest BCUT2D eigenvalue weighted by Crippen LogP contribution is 2.54. The number of ketones is 1. The molecule has 0 aromatic heterocycles. The number of rotatable bonds is 11. The zero-order valence-corrected chi connectivity index (χ0v) is 36.2. The van der Waals surface area contributed by atoms with E-state index in [0.717, 1.165) is 11.1 Å². The van der Waals surface area contributed by atoms with Crippen molar-refractivity contribution in [3.05, 3.63) is 108 Å². The van der Waals surface area contributed by atoms with Crippen LogP contribution in [0, 0.1) is 11.3 Å². The first-order valence-corrected chi connectivity index (χ1v) is 23.6. The minimum atomic E-state index is -2.99. The molecule has 0 bridgehead atoms. The topological polar surface area (TPSA) is 65.1 Å². The van der Waals surface area contributed by atoms with E-state index in [-0.39, 0.29) is 46.7 Å². The molecule has 2 aliphatic heterocycles. The summed E-state index contributed by atoms with van der Waals surface area (Å²) in [5, 5.41) is 2.10. The van der Waals surface area contributed by atoms with Gasteiger partial charge in [0.15, 0.2) is 0 Å². The molecule has 0 spiro atoms. The molecule has 5 rings (SSSR count). The molecular weight excluding hydrogens is 691 g/mol. The fourth-order valence-corrected chi connectivity index (χ4v) is 19.7. The SMILES string of the molecule is C/C=C(\C)[C@@H]1OC2C(C(=O)C(c3ccccc3)CN2C(=O)O[Si](C(C)C)(C(C)C)C(C)C)[C@]1(C)CO[Si](c1ccccc1)(c1ccccc1)C(C)(C)C. The average Bonchev–Trinajstić information content (AvgIpc) is 3.44. The van der Waals surface area contributed by atoms with Crippen LogP contribution in [-0.4, -0.2) is 58.9 Å². The normalized spacial score (nSPS) is 24.2. The van der Waals surface area contributed by atoms with Gasteiger partial charge in [-0.2, -0.15) is 0 Å². The van der Waals surface area contributed by atoms with Gasteiger partial charge in [0.05, 0.1) is 17.9 Å². The van der Waals surface area contributed by atoms with E-state index < -0.39 is 46.2 Å². The molecule has 0 N–H and O–H groups in total. The molecule has 1 amide bonds. The molecule has 0 saturated carbocycles. The summed E-state index contributed by atoms with van der Waals surface area (Å²) in [7, 11) is -5.61. The van der Waals surface area contributed by atoms with Crippen LogP contribution in [0.25, 0.3) is 0 Å². The van der Waals surface area contributed by atoms with Gasteiger partial charge in [-0.1, -0.05) is 166 Å². The van der Waals surface area contributed by atoms with Gasteiger partial charge in [-0.15, -0.1) is 0 Å². The molecule has 2 heterocycles. The van der Waals surface area contributed by atoms with E-state index in [0.29, 0.717) is 0 Å². The Bertz CT molecular complexity index is 1680. The fraction of sp³-hybridized carbons (Fsp3) is 0.511.